The van der Waals surface area contributed by atoms with Gasteiger partial charge in [0.15, 0.2) is 0 Å². The van der Waals surface area contributed by atoms with E-state index in [0.29, 0.717) is 19.6 Å². The molecule has 2 N–H and O–H groups in total. The normalized spacial score (nSPS) is 24.1. The number of hydrogen-bond donors (Lipinski definition) is 2. The third-order valence-corrected chi connectivity index (χ3v) is 3.77. The second-order valence-corrected chi connectivity index (χ2v) is 5.32. The molecule has 0 radical (unpaired) electrons. The van der Waals surface area contributed by atoms with Crippen LogP contribution in [0.2, 0.25) is 0 Å². The largest absolute Gasteiger partial charge is 0.508 e. The van der Waals surface area contributed by atoms with Gasteiger partial charge in [0, 0.05) is 25.0 Å². The zero-order chi connectivity index (χ0) is 16.4. The average Bonchev–Trinajstić information content (AvgIpc) is 2.81. The molecule has 2 unspecified atom stereocenters. The Morgan fingerprint density at radius 2 is 2.05 bits per heavy atom. The first-order chi connectivity index (χ1) is 10.6. The van der Waals surface area contributed by atoms with E-state index in [1.165, 1.54) is 0 Å². The number of hydrogen-bond acceptors (Lipinski definition) is 6. The van der Waals surface area contributed by atoms with Crippen molar-refractivity contribution in [2.45, 2.75) is 39.2 Å². The molecule has 7 nitrogen and oxygen atoms in total. The SMILES string of the molecule is CCCCOCCC1C(=O)NC(CO)[C@@H]1COC(=O)OCC. The predicted octanol–water partition coefficient (Wildman–Crippen LogP) is 1.09. The molecule has 128 valence electrons. The molecule has 1 heterocycles. The van der Waals surface area contributed by atoms with Gasteiger partial charge in [-0.2, -0.15) is 0 Å². The molecule has 1 aliphatic heterocycles. The molecule has 7 heteroatoms. The van der Waals surface area contributed by atoms with Crippen molar-refractivity contribution in [3.63, 3.8) is 0 Å². The molecule has 1 fully saturated rings. The van der Waals surface area contributed by atoms with Crippen molar-refractivity contribution in [2.75, 3.05) is 33.0 Å². The van der Waals surface area contributed by atoms with Gasteiger partial charge in [0.1, 0.15) is 6.61 Å². The Balaban J connectivity index is 2.47. The fraction of sp³-hybridized carbons (Fsp3) is 0.867. The fourth-order valence-corrected chi connectivity index (χ4v) is 2.51. The van der Waals surface area contributed by atoms with Gasteiger partial charge in [-0.25, -0.2) is 4.79 Å². The van der Waals surface area contributed by atoms with Crippen LogP contribution in [-0.2, 0) is 19.0 Å². The minimum absolute atomic E-state index is 0.0441. The Bertz CT molecular complexity index is 349. The lowest BCUT2D eigenvalue weighted by molar-refractivity contribution is -0.124. The minimum Gasteiger partial charge on any atom is -0.435 e. The molecule has 0 aromatic rings. The highest BCUT2D eigenvalue weighted by Crippen LogP contribution is 2.27. The summed E-state index contributed by atoms with van der Waals surface area (Å²) < 4.78 is 15.2. The molecule has 1 saturated heterocycles. The lowest BCUT2D eigenvalue weighted by atomic mass is 9.89. The van der Waals surface area contributed by atoms with Crippen LogP contribution in [0.15, 0.2) is 0 Å². The first-order valence-electron chi connectivity index (χ1n) is 7.92. The lowest BCUT2D eigenvalue weighted by Gasteiger charge is -2.20. The monoisotopic (exact) mass is 317 g/mol. The summed E-state index contributed by atoms with van der Waals surface area (Å²) in [5, 5.41) is 12.1. The van der Waals surface area contributed by atoms with Crippen molar-refractivity contribution < 1.29 is 28.9 Å². The van der Waals surface area contributed by atoms with Gasteiger partial charge in [-0.1, -0.05) is 13.3 Å². The standard InChI is InChI=1S/C15H27NO6/c1-3-5-7-20-8-6-11-12(10-22-15(19)21-4-2)13(9-17)16-14(11)18/h11-13,17H,3-10H2,1-2H3,(H,16,18)/t11?,12-,13?/m1/s1. The first kappa shape index (κ1) is 18.7. The summed E-state index contributed by atoms with van der Waals surface area (Å²) in [6.07, 6.45) is 1.84. The van der Waals surface area contributed by atoms with Crippen LogP contribution in [0.1, 0.15) is 33.1 Å². The van der Waals surface area contributed by atoms with Crippen LogP contribution in [0.25, 0.3) is 0 Å². The number of carbonyl (C=O) groups excluding carboxylic acids is 2. The van der Waals surface area contributed by atoms with Crippen LogP contribution in [0, 0.1) is 11.8 Å². The molecule has 22 heavy (non-hydrogen) atoms. The maximum atomic E-state index is 12.0. The average molecular weight is 317 g/mol. The summed E-state index contributed by atoms with van der Waals surface area (Å²) in [6, 6.07) is -0.400. The zero-order valence-corrected chi connectivity index (χ0v) is 13.4. The smallest absolute Gasteiger partial charge is 0.435 e. The second-order valence-electron chi connectivity index (χ2n) is 5.32. The number of aliphatic hydroxyl groups is 1. The Morgan fingerprint density at radius 3 is 2.68 bits per heavy atom. The number of rotatable bonds is 10. The van der Waals surface area contributed by atoms with Gasteiger partial charge in [0.2, 0.25) is 5.91 Å². The highest BCUT2D eigenvalue weighted by atomic mass is 16.7. The van der Waals surface area contributed by atoms with Gasteiger partial charge in [0.05, 0.1) is 19.3 Å². The van der Waals surface area contributed by atoms with Gasteiger partial charge < -0.3 is 24.6 Å². The predicted molar refractivity (Wildman–Crippen MR) is 79.3 cm³/mol. The van der Waals surface area contributed by atoms with Crippen molar-refractivity contribution in [1.29, 1.82) is 0 Å². The Morgan fingerprint density at radius 1 is 1.27 bits per heavy atom. The molecule has 1 amide bonds. The van der Waals surface area contributed by atoms with E-state index in [1.54, 1.807) is 6.92 Å². The van der Waals surface area contributed by atoms with E-state index in [9.17, 15) is 14.7 Å². The molecular weight excluding hydrogens is 290 g/mol. The Hall–Kier alpha value is -1.34. The highest BCUT2D eigenvalue weighted by molar-refractivity contribution is 5.82. The number of aliphatic hydroxyl groups excluding tert-OH is 1. The van der Waals surface area contributed by atoms with Gasteiger partial charge in [-0.15, -0.1) is 0 Å². The zero-order valence-electron chi connectivity index (χ0n) is 13.4. The molecule has 0 bridgehead atoms. The third-order valence-electron chi connectivity index (χ3n) is 3.77. The minimum atomic E-state index is -0.753. The summed E-state index contributed by atoms with van der Waals surface area (Å²) in [7, 11) is 0. The van der Waals surface area contributed by atoms with Crippen LogP contribution in [0.4, 0.5) is 4.79 Å². The lowest BCUT2D eigenvalue weighted by Crippen LogP contribution is -2.35. The van der Waals surface area contributed by atoms with Crippen molar-refractivity contribution in [3.05, 3.63) is 0 Å². The number of amides is 1. The van der Waals surface area contributed by atoms with Crippen molar-refractivity contribution in [1.82, 2.24) is 5.32 Å². The Kier molecular flexibility index (Phi) is 8.84. The maximum absolute atomic E-state index is 12.0. The van der Waals surface area contributed by atoms with Crippen molar-refractivity contribution >= 4 is 12.1 Å². The van der Waals surface area contributed by atoms with Crippen LogP contribution in [-0.4, -0.2) is 56.2 Å². The quantitative estimate of drug-likeness (QED) is 0.463. The van der Waals surface area contributed by atoms with E-state index in [0.717, 1.165) is 12.8 Å². The summed E-state index contributed by atoms with van der Waals surface area (Å²) >= 11 is 0. The van der Waals surface area contributed by atoms with E-state index in [4.69, 9.17) is 14.2 Å². The van der Waals surface area contributed by atoms with Crippen LogP contribution in [0.3, 0.4) is 0 Å². The number of nitrogens with one attached hydrogen (secondary N) is 1. The molecule has 0 aromatic carbocycles. The molecule has 1 aliphatic rings. The molecular formula is C15H27NO6. The summed E-state index contributed by atoms with van der Waals surface area (Å²) in [4.78, 5) is 23.3. The molecule has 3 atom stereocenters. The topological polar surface area (TPSA) is 94.1 Å². The second kappa shape index (κ2) is 10.4. The van der Waals surface area contributed by atoms with E-state index in [1.807, 2.05) is 0 Å². The fourth-order valence-electron chi connectivity index (χ4n) is 2.51. The van der Waals surface area contributed by atoms with Gasteiger partial charge >= 0.3 is 6.16 Å². The molecule has 0 spiro atoms. The Labute approximate surface area is 131 Å². The van der Waals surface area contributed by atoms with Crippen molar-refractivity contribution in [3.8, 4) is 0 Å². The summed E-state index contributed by atoms with van der Waals surface area (Å²) in [6.45, 7) is 5.03. The molecule has 0 aliphatic carbocycles. The van der Waals surface area contributed by atoms with Crippen LogP contribution in [0.5, 0.6) is 0 Å². The molecule has 0 saturated carbocycles. The first-order valence-corrected chi connectivity index (χ1v) is 7.92. The number of carbonyl (C=O) groups is 2. The molecule has 1 rings (SSSR count). The summed E-state index contributed by atoms with van der Waals surface area (Å²) in [5.41, 5.74) is 0. The maximum Gasteiger partial charge on any atom is 0.508 e. The van der Waals surface area contributed by atoms with Crippen molar-refractivity contribution in [2.24, 2.45) is 11.8 Å². The number of unbranched alkanes of at least 4 members (excludes halogenated alkanes) is 1. The van der Waals surface area contributed by atoms with Gasteiger partial charge in [-0.05, 0) is 19.8 Å². The van der Waals surface area contributed by atoms with Gasteiger partial charge in [0.25, 0.3) is 0 Å². The van der Waals surface area contributed by atoms with Gasteiger partial charge in [-0.3, -0.25) is 4.79 Å². The highest BCUT2D eigenvalue weighted by Gasteiger charge is 2.42. The van der Waals surface area contributed by atoms with Crippen LogP contribution >= 0.6 is 0 Å². The third kappa shape index (κ3) is 5.81. The van der Waals surface area contributed by atoms with Crippen LogP contribution < -0.4 is 5.32 Å². The number of ether oxygens (including phenoxy) is 3. The summed E-state index contributed by atoms with van der Waals surface area (Å²) in [5.74, 6) is -0.722. The molecule has 0 aromatic heterocycles. The van der Waals surface area contributed by atoms with E-state index in [2.05, 4.69) is 12.2 Å². The van der Waals surface area contributed by atoms with E-state index < -0.39 is 12.2 Å². The van der Waals surface area contributed by atoms with E-state index in [-0.39, 0.29) is 37.6 Å². The van der Waals surface area contributed by atoms with E-state index >= 15 is 0 Å².